The van der Waals surface area contributed by atoms with Crippen LogP contribution in [0.5, 0.6) is 0 Å². The first-order valence-corrected chi connectivity index (χ1v) is 7.92. The van der Waals surface area contributed by atoms with Crippen LogP contribution in [-0.2, 0) is 24.2 Å². The average molecular weight is 291 g/mol. The van der Waals surface area contributed by atoms with E-state index in [1.807, 2.05) is 0 Å². The fraction of sp³-hybridized carbons (Fsp3) is 0.818. The quantitative estimate of drug-likeness (QED) is 0.630. The highest BCUT2D eigenvalue weighted by Gasteiger charge is 2.45. The smallest absolute Gasteiger partial charge is 0.316 e. The van der Waals surface area contributed by atoms with E-state index in [1.54, 1.807) is 0 Å². The molecule has 0 aromatic carbocycles. The molecule has 0 bridgehead atoms. The lowest BCUT2D eigenvalue weighted by Gasteiger charge is -2.20. The second kappa shape index (κ2) is 5.09. The van der Waals surface area contributed by atoms with E-state index in [2.05, 4.69) is 5.32 Å². The number of hydrogen-bond acceptors (Lipinski definition) is 5. The highest BCUT2D eigenvalue weighted by atomic mass is 32.2. The minimum Gasteiger partial charge on any atom is -0.481 e. The lowest BCUT2D eigenvalue weighted by Crippen LogP contribution is -2.47. The van der Waals surface area contributed by atoms with Crippen LogP contribution in [0.15, 0.2) is 0 Å². The summed E-state index contributed by atoms with van der Waals surface area (Å²) in [5.41, 5.74) is 0. The van der Waals surface area contributed by atoms with Gasteiger partial charge < -0.3 is 15.2 Å². The molecule has 3 unspecified atom stereocenters. The van der Waals surface area contributed by atoms with Gasteiger partial charge in [0.2, 0.25) is 5.91 Å². The van der Waals surface area contributed by atoms with E-state index in [9.17, 15) is 18.0 Å². The first-order chi connectivity index (χ1) is 8.84. The molecule has 1 saturated heterocycles. The third-order valence-corrected chi connectivity index (χ3v) is 5.28. The number of carbonyl (C=O) groups excluding carboxylic acids is 1. The summed E-state index contributed by atoms with van der Waals surface area (Å²) >= 11 is 0. The summed E-state index contributed by atoms with van der Waals surface area (Å²) in [7, 11) is -1.86. The third-order valence-electron chi connectivity index (χ3n) is 3.57. The standard InChI is InChI=1S/C11H17NO6S/c1-18-8-5-19(16,17)4-7(8)12-10(13)9(11(14)15)6-2-3-6/h6-9H,2-5H2,1H3,(H,12,13)(H,14,15). The van der Waals surface area contributed by atoms with E-state index in [0.717, 1.165) is 12.8 Å². The number of methoxy groups -OCH3 is 1. The van der Waals surface area contributed by atoms with Crippen molar-refractivity contribution in [3.05, 3.63) is 0 Å². The van der Waals surface area contributed by atoms with E-state index in [4.69, 9.17) is 9.84 Å². The molecule has 1 saturated carbocycles. The maximum atomic E-state index is 12.0. The fourth-order valence-corrected chi connectivity index (χ4v) is 4.26. The molecule has 2 fully saturated rings. The normalized spacial score (nSPS) is 30.8. The van der Waals surface area contributed by atoms with Crippen LogP contribution in [0, 0.1) is 11.8 Å². The maximum absolute atomic E-state index is 12.0. The molecule has 0 aromatic heterocycles. The van der Waals surface area contributed by atoms with Crippen molar-refractivity contribution >= 4 is 21.7 Å². The topological polar surface area (TPSA) is 110 Å². The average Bonchev–Trinajstić information content (AvgIpc) is 3.04. The molecular formula is C11H17NO6S. The molecule has 19 heavy (non-hydrogen) atoms. The molecule has 0 spiro atoms. The summed E-state index contributed by atoms with van der Waals surface area (Å²) in [6.07, 6.45) is 0.838. The van der Waals surface area contributed by atoms with Crippen molar-refractivity contribution in [2.45, 2.75) is 25.0 Å². The molecule has 1 heterocycles. The summed E-state index contributed by atoms with van der Waals surface area (Å²) in [5, 5.41) is 11.6. The number of nitrogens with one attached hydrogen (secondary N) is 1. The van der Waals surface area contributed by atoms with Crippen molar-refractivity contribution in [1.29, 1.82) is 0 Å². The van der Waals surface area contributed by atoms with Crippen LogP contribution in [0.3, 0.4) is 0 Å². The number of aliphatic carboxylic acids is 1. The van der Waals surface area contributed by atoms with Crippen molar-refractivity contribution in [1.82, 2.24) is 5.32 Å². The van der Waals surface area contributed by atoms with Crippen LogP contribution in [0.25, 0.3) is 0 Å². The van der Waals surface area contributed by atoms with Gasteiger partial charge in [0.15, 0.2) is 9.84 Å². The van der Waals surface area contributed by atoms with Gasteiger partial charge in [-0.2, -0.15) is 0 Å². The van der Waals surface area contributed by atoms with Gasteiger partial charge in [-0.1, -0.05) is 0 Å². The predicted molar refractivity (Wildman–Crippen MR) is 65.2 cm³/mol. The number of amides is 1. The summed E-state index contributed by atoms with van der Waals surface area (Å²) in [5.74, 6) is -3.32. The molecule has 1 aliphatic carbocycles. The summed E-state index contributed by atoms with van der Waals surface area (Å²) < 4.78 is 28.0. The zero-order chi connectivity index (χ0) is 14.2. The van der Waals surface area contributed by atoms with Crippen LogP contribution in [0.2, 0.25) is 0 Å². The Morgan fingerprint density at radius 3 is 2.42 bits per heavy atom. The second-order valence-corrected chi connectivity index (χ2v) is 7.27. The Kier molecular flexibility index (Phi) is 3.82. The van der Waals surface area contributed by atoms with Crippen molar-refractivity contribution < 1.29 is 27.9 Å². The van der Waals surface area contributed by atoms with Gasteiger partial charge in [0.05, 0.1) is 23.7 Å². The minimum atomic E-state index is -3.24. The summed E-state index contributed by atoms with van der Waals surface area (Å²) in [6.45, 7) is 0. The second-order valence-electron chi connectivity index (χ2n) is 5.12. The number of hydrogen-bond donors (Lipinski definition) is 2. The monoisotopic (exact) mass is 291 g/mol. The number of carbonyl (C=O) groups is 2. The lowest BCUT2D eigenvalue weighted by molar-refractivity contribution is -0.148. The van der Waals surface area contributed by atoms with E-state index >= 15 is 0 Å². The van der Waals surface area contributed by atoms with Crippen LogP contribution >= 0.6 is 0 Å². The van der Waals surface area contributed by atoms with Gasteiger partial charge in [-0.05, 0) is 18.8 Å². The van der Waals surface area contributed by atoms with Gasteiger partial charge in [-0.25, -0.2) is 8.42 Å². The largest absolute Gasteiger partial charge is 0.481 e. The predicted octanol–water partition coefficient (Wildman–Crippen LogP) is -0.975. The molecule has 0 aromatic rings. The van der Waals surface area contributed by atoms with Crippen LogP contribution in [0.1, 0.15) is 12.8 Å². The summed E-state index contributed by atoms with van der Waals surface area (Å²) in [6, 6.07) is -0.664. The van der Waals surface area contributed by atoms with Crippen molar-refractivity contribution in [3.63, 3.8) is 0 Å². The maximum Gasteiger partial charge on any atom is 0.316 e. The van der Waals surface area contributed by atoms with Crippen LogP contribution in [-0.4, -0.2) is 56.2 Å². The highest BCUT2D eigenvalue weighted by Crippen LogP contribution is 2.37. The molecule has 2 N–H and O–H groups in total. The third kappa shape index (κ3) is 3.24. The Morgan fingerprint density at radius 1 is 1.32 bits per heavy atom. The van der Waals surface area contributed by atoms with E-state index < -0.39 is 39.8 Å². The number of rotatable bonds is 5. The molecule has 1 amide bonds. The van der Waals surface area contributed by atoms with E-state index in [1.165, 1.54) is 7.11 Å². The number of sulfone groups is 1. The van der Waals surface area contributed by atoms with Crippen LogP contribution in [0.4, 0.5) is 0 Å². The fourth-order valence-electron chi connectivity index (χ4n) is 2.41. The molecule has 108 valence electrons. The van der Waals surface area contributed by atoms with Gasteiger partial charge in [0, 0.05) is 7.11 Å². The zero-order valence-corrected chi connectivity index (χ0v) is 11.4. The Hall–Kier alpha value is -1.15. The van der Waals surface area contributed by atoms with E-state index in [-0.39, 0.29) is 17.4 Å². The number of ether oxygens (including phenoxy) is 1. The van der Waals surface area contributed by atoms with Gasteiger partial charge >= 0.3 is 5.97 Å². The van der Waals surface area contributed by atoms with Gasteiger partial charge in [0.1, 0.15) is 5.92 Å². The Labute approximate surface area is 111 Å². The van der Waals surface area contributed by atoms with Crippen molar-refractivity contribution in [2.24, 2.45) is 11.8 Å². The Bertz CT molecular complexity index is 483. The number of carboxylic acid groups (broad SMARTS) is 1. The molecule has 2 rings (SSSR count). The molecule has 1 aliphatic heterocycles. The lowest BCUT2D eigenvalue weighted by atomic mass is 10.0. The minimum absolute atomic E-state index is 0.128. The summed E-state index contributed by atoms with van der Waals surface area (Å²) in [4.78, 5) is 23.0. The Balaban J connectivity index is 2.03. The van der Waals surface area contributed by atoms with Crippen molar-refractivity contribution in [2.75, 3.05) is 18.6 Å². The molecule has 7 nitrogen and oxygen atoms in total. The van der Waals surface area contributed by atoms with Crippen molar-refractivity contribution in [3.8, 4) is 0 Å². The highest BCUT2D eigenvalue weighted by molar-refractivity contribution is 7.91. The molecule has 3 atom stereocenters. The van der Waals surface area contributed by atoms with Gasteiger partial charge in [-0.3, -0.25) is 9.59 Å². The molecule has 8 heteroatoms. The molecular weight excluding hydrogens is 274 g/mol. The van der Waals surface area contributed by atoms with Gasteiger partial charge in [-0.15, -0.1) is 0 Å². The zero-order valence-electron chi connectivity index (χ0n) is 10.5. The molecule has 0 radical (unpaired) electrons. The number of carboxylic acids is 1. The van der Waals surface area contributed by atoms with Gasteiger partial charge in [0.25, 0.3) is 0 Å². The SMILES string of the molecule is COC1CS(=O)(=O)CC1NC(=O)C(C(=O)O)C1CC1. The first kappa shape index (κ1) is 14.3. The van der Waals surface area contributed by atoms with Crippen LogP contribution < -0.4 is 5.32 Å². The Morgan fingerprint density at radius 2 is 1.95 bits per heavy atom. The van der Waals surface area contributed by atoms with E-state index in [0.29, 0.717) is 0 Å². The molecule has 2 aliphatic rings. The first-order valence-electron chi connectivity index (χ1n) is 6.10.